The normalized spacial score (nSPS) is 22.9. The summed E-state index contributed by atoms with van der Waals surface area (Å²) >= 11 is 1.45. The van der Waals surface area contributed by atoms with Gasteiger partial charge in [-0.2, -0.15) is 0 Å². The summed E-state index contributed by atoms with van der Waals surface area (Å²) in [6.45, 7) is 12.0. The number of hydrogen-bond acceptors (Lipinski definition) is 4. The number of carbonyl (C=O) groups excluding carboxylic acids is 1. The minimum atomic E-state index is -0.104. The second kappa shape index (κ2) is 5.11. The second-order valence-electron chi connectivity index (χ2n) is 7.39. The predicted molar refractivity (Wildman–Crippen MR) is 83.1 cm³/mol. The molecule has 0 saturated carbocycles. The van der Waals surface area contributed by atoms with Crippen molar-refractivity contribution in [2.45, 2.75) is 52.5 Å². The van der Waals surface area contributed by atoms with Gasteiger partial charge in [0.25, 0.3) is 5.91 Å². The Labute approximate surface area is 125 Å². The monoisotopic (exact) mass is 295 g/mol. The molecular formula is C15H25N3OS. The van der Waals surface area contributed by atoms with E-state index in [9.17, 15) is 4.79 Å². The van der Waals surface area contributed by atoms with Gasteiger partial charge in [-0.15, -0.1) is 11.3 Å². The van der Waals surface area contributed by atoms with Crippen molar-refractivity contribution in [1.82, 2.24) is 9.88 Å². The molecule has 1 aliphatic rings. The lowest BCUT2D eigenvalue weighted by Gasteiger charge is -2.42. The molecular weight excluding hydrogens is 270 g/mol. The standard InChI is InChI=1S/C15H25N3OS/c1-14(2,3)12-11(20-9-17-12)13(19)18-7-6-10(16)15(4,5)8-18/h9-10H,6-8,16H2,1-5H3. The van der Waals surface area contributed by atoms with Gasteiger partial charge in [-0.1, -0.05) is 34.6 Å². The van der Waals surface area contributed by atoms with Crippen LogP contribution >= 0.6 is 11.3 Å². The fourth-order valence-electron chi connectivity index (χ4n) is 2.62. The number of carbonyl (C=O) groups is 1. The van der Waals surface area contributed by atoms with Crippen LogP contribution < -0.4 is 5.73 Å². The van der Waals surface area contributed by atoms with Crippen molar-refractivity contribution in [3.05, 3.63) is 16.1 Å². The first kappa shape index (κ1) is 15.4. The van der Waals surface area contributed by atoms with Crippen molar-refractivity contribution < 1.29 is 4.79 Å². The molecule has 0 spiro atoms. The zero-order valence-corrected chi connectivity index (χ0v) is 13.9. The van der Waals surface area contributed by atoms with Crippen molar-refractivity contribution in [2.75, 3.05) is 13.1 Å². The Balaban J connectivity index is 2.23. The molecule has 1 fully saturated rings. The smallest absolute Gasteiger partial charge is 0.265 e. The molecule has 0 aliphatic carbocycles. The molecule has 0 aromatic carbocycles. The van der Waals surface area contributed by atoms with E-state index >= 15 is 0 Å². The van der Waals surface area contributed by atoms with E-state index in [0.717, 1.165) is 23.5 Å². The van der Waals surface area contributed by atoms with Gasteiger partial charge < -0.3 is 10.6 Å². The maximum atomic E-state index is 12.8. The second-order valence-corrected chi connectivity index (χ2v) is 8.25. The number of piperidine rings is 1. The average Bonchev–Trinajstić information content (AvgIpc) is 2.80. The van der Waals surface area contributed by atoms with E-state index in [2.05, 4.69) is 39.6 Å². The van der Waals surface area contributed by atoms with Crippen LogP contribution in [0.15, 0.2) is 5.51 Å². The van der Waals surface area contributed by atoms with Gasteiger partial charge in [0.2, 0.25) is 0 Å². The van der Waals surface area contributed by atoms with Gasteiger partial charge in [0.1, 0.15) is 4.88 Å². The highest BCUT2D eigenvalue weighted by Gasteiger charge is 2.37. The maximum absolute atomic E-state index is 12.8. The highest BCUT2D eigenvalue weighted by Crippen LogP contribution is 2.32. The molecule has 2 rings (SSSR count). The van der Waals surface area contributed by atoms with Crippen LogP contribution in [0.1, 0.15) is 56.4 Å². The van der Waals surface area contributed by atoms with Crippen molar-refractivity contribution in [3.8, 4) is 0 Å². The van der Waals surface area contributed by atoms with Gasteiger partial charge in [-0.3, -0.25) is 4.79 Å². The van der Waals surface area contributed by atoms with Gasteiger partial charge in [0.15, 0.2) is 0 Å². The molecule has 2 N–H and O–H groups in total. The number of likely N-dealkylation sites (tertiary alicyclic amines) is 1. The van der Waals surface area contributed by atoms with E-state index in [-0.39, 0.29) is 22.8 Å². The lowest BCUT2D eigenvalue weighted by Crippen LogP contribution is -2.54. The maximum Gasteiger partial charge on any atom is 0.265 e. The van der Waals surface area contributed by atoms with Gasteiger partial charge in [0, 0.05) is 24.5 Å². The molecule has 2 heterocycles. The van der Waals surface area contributed by atoms with E-state index in [1.54, 1.807) is 5.51 Å². The van der Waals surface area contributed by atoms with Gasteiger partial charge in [-0.05, 0) is 11.8 Å². The van der Waals surface area contributed by atoms with Crippen LogP contribution in [0.5, 0.6) is 0 Å². The highest BCUT2D eigenvalue weighted by molar-refractivity contribution is 7.11. The van der Waals surface area contributed by atoms with Crippen LogP contribution in [-0.2, 0) is 5.41 Å². The summed E-state index contributed by atoms with van der Waals surface area (Å²) in [6, 6.07) is 0.162. The summed E-state index contributed by atoms with van der Waals surface area (Å²) in [6.07, 6.45) is 0.863. The molecule has 1 saturated heterocycles. The highest BCUT2D eigenvalue weighted by atomic mass is 32.1. The van der Waals surface area contributed by atoms with Gasteiger partial charge in [-0.25, -0.2) is 4.98 Å². The molecule has 0 radical (unpaired) electrons. The van der Waals surface area contributed by atoms with E-state index in [1.165, 1.54) is 11.3 Å². The van der Waals surface area contributed by atoms with Gasteiger partial charge in [0.05, 0.1) is 11.2 Å². The first-order chi connectivity index (χ1) is 9.13. The molecule has 4 nitrogen and oxygen atoms in total. The number of nitrogens with two attached hydrogens (primary N) is 1. The van der Waals surface area contributed by atoms with Crippen LogP contribution in [0.3, 0.4) is 0 Å². The SMILES string of the molecule is CC(C)(C)c1ncsc1C(=O)N1CCC(N)C(C)(C)C1. The van der Waals surface area contributed by atoms with Crippen LogP contribution in [0.25, 0.3) is 0 Å². The lowest BCUT2D eigenvalue weighted by molar-refractivity contribution is 0.0535. The molecule has 5 heteroatoms. The van der Waals surface area contributed by atoms with Crippen molar-refractivity contribution in [1.29, 1.82) is 0 Å². The topological polar surface area (TPSA) is 59.2 Å². The van der Waals surface area contributed by atoms with Crippen LogP contribution in [0.2, 0.25) is 0 Å². The Kier molecular flexibility index (Phi) is 3.95. The number of aromatic nitrogens is 1. The quantitative estimate of drug-likeness (QED) is 0.866. The molecule has 1 aromatic rings. The summed E-state index contributed by atoms with van der Waals surface area (Å²) in [5.41, 5.74) is 8.69. The lowest BCUT2D eigenvalue weighted by atomic mass is 9.79. The molecule has 20 heavy (non-hydrogen) atoms. The van der Waals surface area contributed by atoms with Crippen LogP contribution in [0.4, 0.5) is 0 Å². The molecule has 1 aromatic heterocycles. The molecule has 1 unspecified atom stereocenters. The Morgan fingerprint density at radius 2 is 2.15 bits per heavy atom. The van der Waals surface area contributed by atoms with Crippen molar-refractivity contribution >= 4 is 17.2 Å². The summed E-state index contributed by atoms with van der Waals surface area (Å²) in [7, 11) is 0. The van der Waals surface area contributed by atoms with Crippen molar-refractivity contribution in [3.63, 3.8) is 0 Å². The summed E-state index contributed by atoms with van der Waals surface area (Å²) < 4.78 is 0. The minimum absolute atomic E-state index is 0.0273. The fraction of sp³-hybridized carbons (Fsp3) is 0.733. The van der Waals surface area contributed by atoms with E-state index in [0.29, 0.717) is 6.54 Å². The number of rotatable bonds is 1. The van der Waals surface area contributed by atoms with Gasteiger partial charge >= 0.3 is 0 Å². The Bertz CT molecular complexity index is 501. The molecule has 0 bridgehead atoms. The summed E-state index contributed by atoms with van der Waals surface area (Å²) in [5.74, 6) is 0.109. The molecule has 1 amide bonds. The number of hydrogen-bond donors (Lipinski definition) is 1. The Morgan fingerprint density at radius 1 is 1.50 bits per heavy atom. The molecule has 112 valence electrons. The van der Waals surface area contributed by atoms with Crippen molar-refractivity contribution in [2.24, 2.45) is 11.1 Å². The number of amides is 1. The van der Waals surface area contributed by atoms with E-state index in [4.69, 9.17) is 5.73 Å². The van der Waals surface area contributed by atoms with E-state index < -0.39 is 0 Å². The van der Waals surface area contributed by atoms with E-state index in [1.807, 2.05) is 4.90 Å². The Morgan fingerprint density at radius 3 is 2.70 bits per heavy atom. The average molecular weight is 295 g/mol. The summed E-state index contributed by atoms with van der Waals surface area (Å²) in [5, 5.41) is 0. The minimum Gasteiger partial charge on any atom is -0.337 e. The zero-order valence-electron chi connectivity index (χ0n) is 13.1. The largest absolute Gasteiger partial charge is 0.337 e. The zero-order chi connectivity index (χ0) is 15.1. The fourth-order valence-corrected chi connectivity index (χ4v) is 3.59. The van der Waals surface area contributed by atoms with Crippen LogP contribution in [-0.4, -0.2) is 34.9 Å². The first-order valence-corrected chi connectivity index (χ1v) is 8.00. The predicted octanol–water partition coefficient (Wildman–Crippen LogP) is 2.64. The molecule has 1 aliphatic heterocycles. The first-order valence-electron chi connectivity index (χ1n) is 7.12. The Hall–Kier alpha value is -0.940. The number of nitrogens with zero attached hydrogens (tertiary/aromatic N) is 2. The number of thiazole rings is 1. The summed E-state index contributed by atoms with van der Waals surface area (Å²) in [4.78, 5) is 19.9. The third-order valence-corrected chi connectivity index (χ3v) is 4.89. The third-order valence-electron chi connectivity index (χ3n) is 4.07. The van der Waals surface area contributed by atoms with Crippen LogP contribution in [0, 0.1) is 5.41 Å². The third kappa shape index (κ3) is 2.88. The molecule has 1 atom stereocenters.